The lowest BCUT2D eigenvalue weighted by molar-refractivity contribution is -0.125. The molecule has 6 heteroatoms. The van der Waals surface area contributed by atoms with E-state index in [1.54, 1.807) is 47.8 Å². The van der Waals surface area contributed by atoms with E-state index < -0.39 is 5.91 Å². The molecule has 2 aromatic rings. The SMILES string of the molecule is CN(CCOc1ccc(C(=O)NO)cc1)C(=O)/C=C/c1ccccc1. The summed E-state index contributed by atoms with van der Waals surface area (Å²) in [7, 11) is 1.70. The topological polar surface area (TPSA) is 78.9 Å². The van der Waals surface area contributed by atoms with E-state index in [0.29, 0.717) is 24.5 Å². The Balaban J connectivity index is 1.77. The number of rotatable bonds is 7. The standard InChI is InChI=1S/C19H20N2O4/c1-21(18(22)12-7-15-5-3-2-4-6-15)13-14-25-17-10-8-16(9-11-17)19(23)20-24/h2-12,24H,13-14H2,1H3,(H,20,23)/b12-7+. The second-order valence-electron chi connectivity index (χ2n) is 5.32. The van der Waals surface area contributed by atoms with Crippen LogP contribution in [0.2, 0.25) is 0 Å². The fourth-order valence-corrected chi connectivity index (χ4v) is 2.04. The first-order chi connectivity index (χ1) is 12.1. The molecule has 130 valence electrons. The van der Waals surface area contributed by atoms with E-state index in [2.05, 4.69) is 0 Å². The van der Waals surface area contributed by atoms with E-state index in [4.69, 9.17) is 9.94 Å². The highest BCUT2D eigenvalue weighted by atomic mass is 16.5. The van der Waals surface area contributed by atoms with Gasteiger partial charge in [-0.15, -0.1) is 0 Å². The van der Waals surface area contributed by atoms with Gasteiger partial charge in [0, 0.05) is 18.7 Å². The maximum atomic E-state index is 12.0. The Bertz CT molecular complexity index is 727. The van der Waals surface area contributed by atoms with Crippen molar-refractivity contribution in [3.8, 4) is 5.75 Å². The third kappa shape index (κ3) is 5.78. The average Bonchev–Trinajstić information content (AvgIpc) is 2.66. The molecule has 0 aliphatic carbocycles. The van der Waals surface area contributed by atoms with Crippen LogP contribution in [-0.4, -0.2) is 42.1 Å². The van der Waals surface area contributed by atoms with Gasteiger partial charge in [0.05, 0.1) is 6.54 Å². The quantitative estimate of drug-likeness (QED) is 0.461. The summed E-state index contributed by atoms with van der Waals surface area (Å²) >= 11 is 0. The van der Waals surface area contributed by atoms with Crippen LogP contribution >= 0.6 is 0 Å². The smallest absolute Gasteiger partial charge is 0.274 e. The third-order valence-electron chi connectivity index (χ3n) is 3.51. The zero-order chi connectivity index (χ0) is 18.1. The third-order valence-corrected chi connectivity index (χ3v) is 3.51. The summed E-state index contributed by atoms with van der Waals surface area (Å²) in [6, 6.07) is 15.9. The molecule has 0 aliphatic heterocycles. The number of carbonyl (C=O) groups is 2. The number of hydroxylamine groups is 1. The second-order valence-corrected chi connectivity index (χ2v) is 5.32. The maximum Gasteiger partial charge on any atom is 0.274 e. The summed E-state index contributed by atoms with van der Waals surface area (Å²) in [6.07, 6.45) is 3.29. The van der Waals surface area contributed by atoms with Gasteiger partial charge in [0.15, 0.2) is 0 Å². The Morgan fingerprint density at radius 2 is 1.80 bits per heavy atom. The van der Waals surface area contributed by atoms with E-state index in [1.807, 2.05) is 30.3 Å². The first-order valence-corrected chi connectivity index (χ1v) is 7.75. The Labute approximate surface area is 146 Å². The van der Waals surface area contributed by atoms with Gasteiger partial charge in [-0.2, -0.15) is 0 Å². The normalized spacial score (nSPS) is 10.5. The van der Waals surface area contributed by atoms with Gasteiger partial charge in [-0.05, 0) is 35.9 Å². The van der Waals surface area contributed by atoms with Crippen molar-refractivity contribution in [2.45, 2.75) is 0 Å². The Kier molecular flexibility index (Phi) is 6.74. The number of carbonyl (C=O) groups excluding carboxylic acids is 2. The largest absolute Gasteiger partial charge is 0.492 e. The molecule has 0 saturated heterocycles. The van der Waals surface area contributed by atoms with Crippen molar-refractivity contribution >= 4 is 17.9 Å². The number of hydrogen-bond donors (Lipinski definition) is 2. The molecule has 0 radical (unpaired) electrons. The monoisotopic (exact) mass is 340 g/mol. The Morgan fingerprint density at radius 1 is 1.12 bits per heavy atom. The van der Waals surface area contributed by atoms with Gasteiger partial charge in [0.2, 0.25) is 5.91 Å². The molecule has 0 atom stereocenters. The van der Waals surface area contributed by atoms with Crippen LogP contribution in [0.1, 0.15) is 15.9 Å². The van der Waals surface area contributed by atoms with Gasteiger partial charge in [-0.1, -0.05) is 30.3 Å². The van der Waals surface area contributed by atoms with Crippen molar-refractivity contribution in [3.05, 3.63) is 71.8 Å². The van der Waals surface area contributed by atoms with Gasteiger partial charge < -0.3 is 9.64 Å². The summed E-state index contributed by atoms with van der Waals surface area (Å²) in [5.41, 5.74) is 2.86. The first-order valence-electron chi connectivity index (χ1n) is 7.75. The molecule has 0 aliphatic rings. The minimum absolute atomic E-state index is 0.109. The van der Waals surface area contributed by atoms with Crippen LogP contribution in [0.15, 0.2) is 60.7 Å². The highest BCUT2D eigenvalue weighted by Crippen LogP contribution is 2.12. The van der Waals surface area contributed by atoms with Gasteiger partial charge >= 0.3 is 0 Å². The summed E-state index contributed by atoms with van der Waals surface area (Å²) in [6.45, 7) is 0.754. The number of likely N-dealkylation sites (N-methyl/N-ethyl adjacent to an activating group) is 1. The van der Waals surface area contributed by atoms with Gasteiger partial charge in [0.25, 0.3) is 5.91 Å². The van der Waals surface area contributed by atoms with E-state index in [-0.39, 0.29) is 5.91 Å². The predicted molar refractivity (Wildman–Crippen MR) is 94.3 cm³/mol. The van der Waals surface area contributed by atoms with Crippen LogP contribution in [0.5, 0.6) is 5.75 Å². The molecule has 25 heavy (non-hydrogen) atoms. The summed E-state index contributed by atoms with van der Waals surface area (Å²) in [5.74, 6) is -0.111. The first kappa shape index (κ1) is 18.2. The molecule has 0 spiro atoms. The molecule has 0 bridgehead atoms. The maximum absolute atomic E-state index is 12.0. The number of ether oxygens (including phenoxy) is 1. The number of hydrogen-bond acceptors (Lipinski definition) is 4. The molecule has 2 rings (SSSR count). The van der Waals surface area contributed by atoms with E-state index in [1.165, 1.54) is 6.08 Å². The molecular weight excluding hydrogens is 320 g/mol. The zero-order valence-electron chi connectivity index (χ0n) is 13.9. The number of nitrogens with zero attached hydrogens (tertiary/aromatic N) is 1. The fraction of sp³-hybridized carbons (Fsp3) is 0.158. The number of nitrogens with one attached hydrogen (secondary N) is 1. The van der Waals surface area contributed by atoms with Crippen molar-refractivity contribution in [2.75, 3.05) is 20.2 Å². The zero-order valence-corrected chi connectivity index (χ0v) is 13.9. The van der Waals surface area contributed by atoms with Crippen LogP contribution < -0.4 is 10.2 Å². The fourth-order valence-electron chi connectivity index (χ4n) is 2.04. The van der Waals surface area contributed by atoms with E-state index in [0.717, 1.165) is 5.56 Å². The molecule has 2 amide bonds. The van der Waals surface area contributed by atoms with E-state index >= 15 is 0 Å². The van der Waals surface area contributed by atoms with Crippen molar-refractivity contribution in [3.63, 3.8) is 0 Å². The lowest BCUT2D eigenvalue weighted by Gasteiger charge is -2.15. The molecule has 2 N–H and O–H groups in total. The van der Waals surface area contributed by atoms with Crippen LogP contribution in [0.4, 0.5) is 0 Å². The summed E-state index contributed by atoms with van der Waals surface area (Å²) < 4.78 is 5.55. The lowest BCUT2D eigenvalue weighted by Crippen LogP contribution is -2.29. The number of amides is 2. The minimum atomic E-state index is -0.581. The average molecular weight is 340 g/mol. The van der Waals surface area contributed by atoms with Crippen molar-refractivity contribution in [1.82, 2.24) is 10.4 Å². The Morgan fingerprint density at radius 3 is 2.44 bits per heavy atom. The Hall–Kier alpha value is -3.12. The second kappa shape index (κ2) is 9.24. The lowest BCUT2D eigenvalue weighted by atomic mass is 10.2. The minimum Gasteiger partial charge on any atom is -0.492 e. The van der Waals surface area contributed by atoms with E-state index in [9.17, 15) is 9.59 Å². The van der Waals surface area contributed by atoms with Gasteiger partial charge in [-0.3, -0.25) is 14.8 Å². The van der Waals surface area contributed by atoms with Crippen molar-refractivity contribution in [1.29, 1.82) is 0 Å². The molecule has 0 fully saturated rings. The van der Waals surface area contributed by atoms with Crippen molar-refractivity contribution in [2.24, 2.45) is 0 Å². The number of benzene rings is 2. The van der Waals surface area contributed by atoms with Crippen molar-refractivity contribution < 1.29 is 19.5 Å². The van der Waals surface area contributed by atoms with Gasteiger partial charge in [-0.25, -0.2) is 5.48 Å². The predicted octanol–water partition coefficient (Wildman–Crippen LogP) is 2.36. The molecule has 0 saturated carbocycles. The molecular formula is C19H20N2O4. The summed E-state index contributed by atoms with van der Waals surface area (Å²) in [5, 5.41) is 8.55. The van der Waals surface area contributed by atoms with Crippen LogP contribution in [0.25, 0.3) is 6.08 Å². The molecule has 0 aromatic heterocycles. The van der Waals surface area contributed by atoms with Crippen LogP contribution in [0, 0.1) is 0 Å². The molecule has 6 nitrogen and oxygen atoms in total. The highest BCUT2D eigenvalue weighted by Gasteiger charge is 2.06. The van der Waals surface area contributed by atoms with Gasteiger partial charge in [0.1, 0.15) is 12.4 Å². The molecule has 2 aromatic carbocycles. The highest BCUT2D eigenvalue weighted by molar-refractivity contribution is 5.93. The molecule has 0 unspecified atom stereocenters. The van der Waals surface area contributed by atoms with Crippen LogP contribution in [0.3, 0.4) is 0 Å². The van der Waals surface area contributed by atoms with Crippen LogP contribution in [-0.2, 0) is 4.79 Å². The molecule has 0 heterocycles. The summed E-state index contributed by atoms with van der Waals surface area (Å²) in [4.78, 5) is 24.8.